The molecule has 4 aromatic rings. The summed E-state index contributed by atoms with van der Waals surface area (Å²) in [6, 6.07) is 13.9. The molecule has 0 bridgehead atoms. The number of anilines is 1. The van der Waals surface area contributed by atoms with Crippen LogP contribution in [0.4, 0.5) is 19.0 Å². The molecule has 1 amide bonds. The third-order valence-corrected chi connectivity index (χ3v) is 7.28. The van der Waals surface area contributed by atoms with Gasteiger partial charge in [-0.05, 0) is 59.0 Å². The minimum atomic E-state index is -4.50. The van der Waals surface area contributed by atoms with E-state index < -0.39 is 11.7 Å². The van der Waals surface area contributed by atoms with Crippen molar-refractivity contribution in [2.75, 3.05) is 25.0 Å². The fourth-order valence-corrected chi connectivity index (χ4v) is 5.13. The maximum Gasteiger partial charge on any atom is 0.416 e. The first-order valence-corrected chi connectivity index (χ1v) is 12.9. The van der Waals surface area contributed by atoms with Crippen molar-refractivity contribution in [3.63, 3.8) is 0 Å². The molecule has 0 radical (unpaired) electrons. The number of piperidine rings is 1. The number of amides is 1. The van der Waals surface area contributed by atoms with Gasteiger partial charge >= 0.3 is 6.18 Å². The van der Waals surface area contributed by atoms with Crippen LogP contribution in [0.3, 0.4) is 0 Å². The van der Waals surface area contributed by atoms with Crippen LogP contribution in [0.1, 0.15) is 28.8 Å². The number of nitrogens with one attached hydrogen (secondary N) is 1. The van der Waals surface area contributed by atoms with E-state index in [1.54, 1.807) is 21.7 Å². The van der Waals surface area contributed by atoms with E-state index >= 15 is 0 Å². The van der Waals surface area contributed by atoms with Gasteiger partial charge in [-0.25, -0.2) is 4.98 Å². The third kappa shape index (κ3) is 5.45. The first-order valence-electron chi connectivity index (χ1n) is 11.7. The number of likely N-dealkylation sites (tertiary alicyclic amines) is 1. The van der Waals surface area contributed by atoms with Gasteiger partial charge in [0, 0.05) is 41.9 Å². The quantitative estimate of drug-likeness (QED) is 0.277. The molecule has 2 aromatic carbocycles. The molecule has 1 unspecified atom stereocenters. The van der Waals surface area contributed by atoms with Crippen molar-refractivity contribution in [3.05, 3.63) is 81.4 Å². The normalized spacial score (nSPS) is 16.2. The van der Waals surface area contributed by atoms with Crippen LogP contribution in [-0.2, 0) is 6.18 Å². The number of rotatable bonds is 5. The minimum absolute atomic E-state index is 0.0463. The van der Waals surface area contributed by atoms with Crippen molar-refractivity contribution >= 4 is 44.9 Å². The number of hydrogen-bond acceptors (Lipinski definition) is 4. The molecular formula is C26H22BrClF3N5O. The lowest BCUT2D eigenvalue weighted by Gasteiger charge is -2.33. The van der Waals surface area contributed by atoms with Crippen LogP contribution in [0.5, 0.6) is 0 Å². The Morgan fingerprint density at radius 1 is 1.16 bits per heavy atom. The fourth-order valence-electron chi connectivity index (χ4n) is 4.55. The summed E-state index contributed by atoms with van der Waals surface area (Å²) >= 11 is 9.91. The molecule has 0 spiro atoms. The lowest BCUT2D eigenvalue weighted by atomic mass is 9.97. The standard InChI is InChI=1S/C26H22BrClF3N5O/c27-20-14-33-36-23(12-22(34-24(20)36)19-8-1-2-9-21(19)28)32-13-16-5-4-10-35(15-16)25(37)17-6-3-7-18(11-17)26(29,30)31/h1-3,6-9,11-12,14,16,32H,4-5,10,13,15H2. The van der Waals surface area contributed by atoms with Crippen LogP contribution in [-0.4, -0.2) is 45.0 Å². The van der Waals surface area contributed by atoms with E-state index in [9.17, 15) is 18.0 Å². The molecule has 6 nitrogen and oxygen atoms in total. The van der Waals surface area contributed by atoms with Crippen LogP contribution < -0.4 is 5.32 Å². The van der Waals surface area contributed by atoms with Crippen molar-refractivity contribution in [2.45, 2.75) is 19.0 Å². The van der Waals surface area contributed by atoms with E-state index in [2.05, 4.69) is 26.3 Å². The zero-order valence-electron chi connectivity index (χ0n) is 19.5. The van der Waals surface area contributed by atoms with Gasteiger partial charge in [-0.3, -0.25) is 4.79 Å². The van der Waals surface area contributed by atoms with E-state index in [1.165, 1.54) is 12.1 Å². The summed E-state index contributed by atoms with van der Waals surface area (Å²) in [6.45, 7) is 1.50. The Labute approximate surface area is 224 Å². The molecule has 2 aromatic heterocycles. The summed E-state index contributed by atoms with van der Waals surface area (Å²) in [6.07, 6.45) is -1.18. The summed E-state index contributed by atoms with van der Waals surface area (Å²) in [5.41, 5.74) is 1.33. The van der Waals surface area contributed by atoms with E-state index in [-0.39, 0.29) is 17.4 Å². The predicted molar refractivity (Wildman–Crippen MR) is 140 cm³/mol. The Morgan fingerprint density at radius 2 is 1.97 bits per heavy atom. The predicted octanol–water partition coefficient (Wildman–Crippen LogP) is 6.80. The highest BCUT2D eigenvalue weighted by molar-refractivity contribution is 9.10. The number of carbonyl (C=O) groups excluding carboxylic acids is 1. The summed E-state index contributed by atoms with van der Waals surface area (Å²) in [5, 5.41) is 8.42. The Hall–Kier alpha value is -3.11. The van der Waals surface area contributed by atoms with Gasteiger partial charge in [0.25, 0.3) is 5.91 Å². The van der Waals surface area contributed by atoms with Gasteiger partial charge in [0.05, 0.1) is 21.9 Å². The molecule has 1 saturated heterocycles. The van der Waals surface area contributed by atoms with Crippen molar-refractivity contribution in [3.8, 4) is 11.3 Å². The second kappa shape index (κ2) is 10.3. The monoisotopic (exact) mass is 591 g/mol. The molecule has 192 valence electrons. The maximum atomic E-state index is 13.1. The van der Waals surface area contributed by atoms with Gasteiger partial charge in [-0.15, -0.1) is 0 Å². The van der Waals surface area contributed by atoms with E-state index in [1.807, 2.05) is 24.3 Å². The average molecular weight is 593 g/mol. The van der Waals surface area contributed by atoms with Crippen LogP contribution in [0.15, 0.2) is 65.3 Å². The number of nitrogens with zero attached hydrogens (tertiary/aromatic N) is 4. The first kappa shape index (κ1) is 25.5. The van der Waals surface area contributed by atoms with Crippen LogP contribution >= 0.6 is 27.5 Å². The topological polar surface area (TPSA) is 62.5 Å². The molecule has 1 fully saturated rings. The van der Waals surface area contributed by atoms with Crippen molar-refractivity contribution in [2.24, 2.45) is 5.92 Å². The van der Waals surface area contributed by atoms with Gasteiger partial charge < -0.3 is 10.2 Å². The number of benzene rings is 2. The van der Waals surface area contributed by atoms with Gasteiger partial charge in [-0.2, -0.15) is 22.8 Å². The zero-order valence-corrected chi connectivity index (χ0v) is 21.8. The van der Waals surface area contributed by atoms with Crippen LogP contribution in [0.2, 0.25) is 5.02 Å². The highest BCUT2D eigenvalue weighted by Gasteiger charge is 2.32. The maximum absolute atomic E-state index is 13.1. The summed E-state index contributed by atoms with van der Waals surface area (Å²) in [7, 11) is 0. The number of carbonyl (C=O) groups is 1. The van der Waals surface area contributed by atoms with Gasteiger partial charge in [0.2, 0.25) is 0 Å². The van der Waals surface area contributed by atoms with Crippen molar-refractivity contribution in [1.29, 1.82) is 0 Å². The van der Waals surface area contributed by atoms with Gasteiger partial charge in [0.15, 0.2) is 5.65 Å². The van der Waals surface area contributed by atoms with Crippen molar-refractivity contribution in [1.82, 2.24) is 19.5 Å². The smallest absolute Gasteiger partial charge is 0.370 e. The molecule has 1 aliphatic heterocycles. The highest BCUT2D eigenvalue weighted by atomic mass is 79.9. The summed E-state index contributed by atoms with van der Waals surface area (Å²) < 4.78 is 41.8. The lowest BCUT2D eigenvalue weighted by molar-refractivity contribution is -0.137. The number of halogens is 5. The molecule has 0 aliphatic carbocycles. The molecule has 11 heteroatoms. The second-order valence-electron chi connectivity index (χ2n) is 8.95. The summed E-state index contributed by atoms with van der Waals surface area (Å²) in [4.78, 5) is 19.4. The number of alkyl halides is 3. The third-order valence-electron chi connectivity index (χ3n) is 6.39. The second-order valence-corrected chi connectivity index (χ2v) is 10.2. The number of hydrogen-bond donors (Lipinski definition) is 1. The molecule has 1 atom stereocenters. The van der Waals surface area contributed by atoms with Crippen LogP contribution in [0, 0.1) is 5.92 Å². The average Bonchev–Trinajstić information content (AvgIpc) is 3.27. The largest absolute Gasteiger partial charge is 0.416 e. The lowest BCUT2D eigenvalue weighted by Crippen LogP contribution is -2.42. The Kier molecular flexibility index (Phi) is 7.13. The molecule has 37 heavy (non-hydrogen) atoms. The SMILES string of the molecule is O=C(c1cccc(C(F)(F)F)c1)N1CCCC(CNc2cc(-c3ccccc3Cl)nc3c(Br)cnn23)C1. The first-order chi connectivity index (χ1) is 17.7. The molecule has 3 heterocycles. The molecule has 5 rings (SSSR count). The number of fused-ring (bicyclic) bond motifs is 1. The van der Waals surface area contributed by atoms with E-state index in [4.69, 9.17) is 16.6 Å². The van der Waals surface area contributed by atoms with E-state index in [0.29, 0.717) is 41.8 Å². The van der Waals surface area contributed by atoms with Crippen molar-refractivity contribution < 1.29 is 18.0 Å². The Balaban J connectivity index is 1.33. The van der Waals surface area contributed by atoms with E-state index in [0.717, 1.165) is 35.0 Å². The number of aromatic nitrogens is 3. The molecule has 0 saturated carbocycles. The summed E-state index contributed by atoms with van der Waals surface area (Å²) in [5.74, 6) is 0.431. The molecule has 1 aliphatic rings. The Morgan fingerprint density at radius 3 is 2.76 bits per heavy atom. The minimum Gasteiger partial charge on any atom is -0.370 e. The van der Waals surface area contributed by atoms with Gasteiger partial charge in [0.1, 0.15) is 5.82 Å². The van der Waals surface area contributed by atoms with Gasteiger partial charge in [-0.1, -0.05) is 35.9 Å². The zero-order chi connectivity index (χ0) is 26.2. The molecule has 1 N–H and O–H groups in total. The van der Waals surface area contributed by atoms with Crippen LogP contribution in [0.25, 0.3) is 16.9 Å². The highest BCUT2D eigenvalue weighted by Crippen LogP contribution is 2.32. The molecular weight excluding hydrogens is 571 g/mol. The fraction of sp³-hybridized carbons (Fsp3) is 0.269. The Bertz CT molecular complexity index is 1460.